The topological polar surface area (TPSA) is 212 Å². The van der Waals surface area contributed by atoms with Crippen LogP contribution in [0.25, 0.3) is 0 Å². The largest absolute Gasteiger partial charge is 0.508 e. The van der Waals surface area contributed by atoms with Crippen LogP contribution >= 0.6 is 0 Å². The SMILES string of the molecule is CCCCCCCCCCCCCCCCCc1ccc(O)cc1O.CCCCCCCCCCCCCCCc1ccc(O)cc1O.CCOc1cc(Cc2ccc(O)cc2O)ccc1O.Oc1ccc(Cc2ccc(O)cc2O)cc1. The highest BCUT2D eigenvalue weighted by atomic mass is 16.5. The Kier molecular flexibility index (Phi) is 37.1. The summed E-state index contributed by atoms with van der Waals surface area (Å²) in [7, 11) is 0. The fourth-order valence-corrected chi connectivity index (χ4v) is 9.94. The molecule has 0 spiro atoms. The summed E-state index contributed by atoms with van der Waals surface area (Å²) >= 11 is 0. The third kappa shape index (κ3) is 32.5. The number of ether oxygens (including phenoxy) is 1. The van der Waals surface area contributed by atoms with Crippen LogP contribution in [0.2, 0.25) is 0 Å². The molecule has 6 aromatic rings. The summed E-state index contributed by atoms with van der Waals surface area (Å²) in [6.07, 6.45) is 41.1. The number of unbranched alkanes of at least 4 members (excludes halogenated alkanes) is 26. The minimum absolute atomic E-state index is 0.0296. The van der Waals surface area contributed by atoms with Gasteiger partial charge in [-0.25, -0.2) is 0 Å². The van der Waals surface area contributed by atoms with Crippen LogP contribution in [0.4, 0.5) is 0 Å². The number of phenols is 10. The second kappa shape index (κ2) is 43.8. The maximum absolute atomic E-state index is 9.75. The lowest BCUT2D eigenvalue weighted by molar-refractivity contribution is 0.318. The van der Waals surface area contributed by atoms with Crippen LogP contribution in [-0.4, -0.2) is 57.7 Å². The van der Waals surface area contributed by atoms with Crippen molar-refractivity contribution < 1.29 is 55.8 Å². The van der Waals surface area contributed by atoms with Gasteiger partial charge in [-0.05, 0) is 115 Å². The van der Waals surface area contributed by atoms with Crippen LogP contribution in [0.1, 0.15) is 234 Å². The number of phenolic OH excluding ortho intramolecular Hbond substituents is 10. The summed E-state index contributed by atoms with van der Waals surface area (Å²) in [4.78, 5) is 0. The van der Waals surface area contributed by atoms with Crippen LogP contribution in [0, 0.1) is 0 Å². The highest BCUT2D eigenvalue weighted by molar-refractivity contribution is 5.47. The van der Waals surface area contributed by atoms with Gasteiger partial charge in [0.25, 0.3) is 0 Å². The Morgan fingerprint density at radius 2 is 0.530 bits per heavy atom. The van der Waals surface area contributed by atoms with Gasteiger partial charge in [-0.15, -0.1) is 0 Å². The first-order valence-corrected chi connectivity index (χ1v) is 31.5. The number of hydrogen-bond donors (Lipinski definition) is 10. The Bertz CT molecular complexity index is 2610. The Morgan fingerprint density at radius 1 is 0.253 bits per heavy atom. The Morgan fingerprint density at radius 3 is 0.843 bits per heavy atom. The third-order valence-corrected chi connectivity index (χ3v) is 14.9. The predicted octanol–water partition coefficient (Wildman–Crippen LogP) is 19.4. The average molecular weight is 1150 g/mol. The van der Waals surface area contributed by atoms with Crippen molar-refractivity contribution in [1.29, 1.82) is 0 Å². The van der Waals surface area contributed by atoms with Gasteiger partial charge < -0.3 is 55.8 Å². The van der Waals surface area contributed by atoms with E-state index in [1.165, 1.54) is 203 Å². The van der Waals surface area contributed by atoms with E-state index in [0.717, 1.165) is 53.5 Å². The molecule has 0 atom stereocenters. The van der Waals surface area contributed by atoms with Crippen molar-refractivity contribution in [2.45, 2.75) is 226 Å². The molecular weight excluding hydrogens is 1040 g/mol. The molecule has 0 radical (unpaired) electrons. The number of benzene rings is 6. The molecular formula is C72H104O11. The number of rotatable bonds is 36. The van der Waals surface area contributed by atoms with Gasteiger partial charge in [-0.3, -0.25) is 0 Å². The summed E-state index contributed by atoms with van der Waals surface area (Å²) in [6, 6.07) is 30.7. The highest BCUT2D eigenvalue weighted by Gasteiger charge is 2.09. The molecule has 0 aliphatic heterocycles. The summed E-state index contributed by atoms with van der Waals surface area (Å²) in [5.41, 5.74) is 5.23. The van der Waals surface area contributed by atoms with E-state index in [4.69, 9.17) is 14.9 Å². The maximum atomic E-state index is 9.75. The van der Waals surface area contributed by atoms with E-state index in [9.17, 15) is 40.9 Å². The second-order valence-electron chi connectivity index (χ2n) is 22.2. The second-order valence-corrected chi connectivity index (χ2v) is 22.2. The van der Waals surface area contributed by atoms with E-state index in [-0.39, 0.29) is 57.5 Å². The van der Waals surface area contributed by atoms with E-state index in [1.807, 2.05) is 19.1 Å². The van der Waals surface area contributed by atoms with Crippen molar-refractivity contribution in [2.24, 2.45) is 0 Å². The molecule has 6 rings (SSSR count). The highest BCUT2D eigenvalue weighted by Crippen LogP contribution is 2.32. The van der Waals surface area contributed by atoms with E-state index in [1.54, 1.807) is 66.7 Å². The summed E-state index contributed by atoms with van der Waals surface area (Å²) in [6.45, 7) is 6.87. The zero-order chi connectivity index (χ0) is 60.3. The molecule has 11 heteroatoms. The molecule has 0 aliphatic carbocycles. The first-order chi connectivity index (χ1) is 40.2. The van der Waals surface area contributed by atoms with Gasteiger partial charge in [0.1, 0.15) is 51.7 Å². The van der Waals surface area contributed by atoms with Crippen LogP contribution in [0.5, 0.6) is 63.2 Å². The quantitative estimate of drug-likeness (QED) is 0.0167. The molecule has 0 heterocycles. The van der Waals surface area contributed by atoms with Crippen LogP contribution in [0.15, 0.2) is 115 Å². The van der Waals surface area contributed by atoms with E-state index in [0.29, 0.717) is 30.8 Å². The molecule has 0 amide bonds. The predicted molar refractivity (Wildman–Crippen MR) is 340 cm³/mol. The third-order valence-electron chi connectivity index (χ3n) is 14.9. The summed E-state index contributed by atoms with van der Waals surface area (Å²) < 4.78 is 5.31. The van der Waals surface area contributed by atoms with E-state index < -0.39 is 0 Å². The number of aryl methyl sites for hydroxylation is 2. The van der Waals surface area contributed by atoms with Gasteiger partial charge in [-0.1, -0.05) is 223 Å². The summed E-state index contributed by atoms with van der Waals surface area (Å²) in [5, 5.41) is 94.5. The van der Waals surface area contributed by atoms with Crippen molar-refractivity contribution in [3.05, 3.63) is 149 Å². The lowest BCUT2D eigenvalue weighted by Gasteiger charge is -2.09. The van der Waals surface area contributed by atoms with Gasteiger partial charge in [0, 0.05) is 37.1 Å². The Balaban J connectivity index is 0.000000293. The number of aromatic hydroxyl groups is 10. The zero-order valence-electron chi connectivity index (χ0n) is 50.7. The normalized spacial score (nSPS) is 10.7. The zero-order valence-corrected chi connectivity index (χ0v) is 50.7. The first-order valence-electron chi connectivity index (χ1n) is 31.5. The van der Waals surface area contributed by atoms with Crippen LogP contribution in [-0.2, 0) is 25.7 Å². The molecule has 0 saturated carbocycles. The molecule has 0 bridgehead atoms. The molecule has 0 unspecified atom stereocenters. The van der Waals surface area contributed by atoms with Gasteiger partial charge in [0.15, 0.2) is 11.5 Å². The van der Waals surface area contributed by atoms with Gasteiger partial charge in [0.2, 0.25) is 0 Å². The molecule has 83 heavy (non-hydrogen) atoms. The molecule has 11 nitrogen and oxygen atoms in total. The van der Waals surface area contributed by atoms with Crippen molar-refractivity contribution >= 4 is 0 Å². The van der Waals surface area contributed by atoms with Crippen molar-refractivity contribution in [1.82, 2.24) is 0 Å². The fraction of sp³-hybridized carbons (Fsp3) is 0.500. The monoisotopic (exact) mass is 1140 g/mol. The molecule has 0 aromatic heterocycles. The van der Waals surface area contributed by atoms with Gasteiger partial charge >= 0.3 is 0 Å². The van der Waals surface area contributed by atoms with Crippen molar-refractivity contribution in [3.8, 4) is 63.2 Å². The lowest BCUT2D eigenvalue weighted by Crippen LogP contribution is -1.94. The van der Waals surface area contributed by atoms with E-state index in [2.05, 4.69) is 13.8 Å². The summed E-state index contributed by atoms with van der Waals surface area (Å²) in [5.74, 6) is 1.68. The minimum Gasteiger partial charge on any atom is -0.508 e. The van der Waals surface area contributed by atoms with Crippen molar-refractivity contribution in [2.75, 3.05) is 6.61 Å². The van der Waals surface area contributed by atoms with Gasteiger partial charge in [-0.2, -0.15) is 0 Å². The lowest BCUT2D eigenvalue weighted by atomic mass is 10.0. The molecule has 0 saturated heterocycles. The molecule has 10 N–H and O–H groups in total. The average Bonchev–Trinajstić information content (AvgIpc) is 3.54. The van der Waals surface area contributed by atoms with Gasteiger partial charge in [0.05, 0.1) is 6.61 Å². The standard InChI is InChI=1S/C23H40O2.C21H36O2.C15H16O4.C13H12O3/c1-2-3-4-5-6-7-8-9-10-11-12-13-14-15-16-17-21-18-19-22(24)20-23(21)25;1-2-3-4-5-6-7-8-9-10-11-12-13-14-15-19-16-17-20(22)18-21(19)23;1-2-19-15-8-10(3-6-13(15)17)7-11-4-5-12(16)9-14(11)18;14-11-4-1-9(2-5-11)7-10-3-6-12(15)8-13(10)16/h18-20,24-25H,2-17H2,1H3;16-18,22-23H,2-15H2,1H3;3-6,8-9,16-18H,2,7H2,1H3;1-6,8,14-16H,7H2. The Labute approximate surface area is 498 Å². The van der Waals surface area contributed by atoms with Crippen molar-refractivity contribution in [3.63, 3.8) is 0 Å². The molecule has 0 aliphatic rings. The minimum atomic E-state index is 0.0296. The van der Waals surface area contributed by atoms with E-state index >= 15 is 0 Å². The van der Waals surface area contributed by atoms with Crippen LogP contribution < -0.4 is 4.74 Å². The fourth-order valence-electron chi connectivity index (χ4n) is 9.94. The smallest absolute Gasteiger partial charge is 0.161 e. The molecule has 0 fully saturated rings. The molecule has 6 aromatic carbocycles. The number of hydrogen-bond acceptors (Lipinski definition) is 11. The molecule has 458 valence electrons. The van der Waals surface area contributed by atoms with Crippen LogP contribution in [0.3, 0.4) is 0 Å². The maximum Gasteiger partial charge on any atom is 0.161 e. The Hall–Kier alpha value is -6.88. The first kappa shape index (κ1) is 70.4.